The Kier molecular flexibility index (Phi) is 8.70. The van der Waals surface area contributed by atoms with Crippen LogP contribution in [-0.2, 0) is 39.7 Å². The van der Waals surface area contributed by atoms with Crippen LogP contribution in [0, 0.1) is 0 Å². The molecule has 4 aromatic rings. The summed E-state index contributed by atoms with van der Waals surface area (Å²) in [6, 6.07) is 23.5. The van der Waals surface area contributed by atoms with Crippen molar-refractivity contribution in [3.63, 3.8) is 0 Å². The van der Waals surface area contributed by atoms with Crippen molar-refractivity contribution in [3.8, 4) is 0 Å². The molecule has 0 amide bonds. The Balaban J connectivity index is 1.29. The van der Waals surface area contributed by atoms with Gasteiger partial charge in [0.1, 0.15) is 0 Å². The smallest absolute Gasteiger partial charge is 0.240 e. The van der Waals surface area contributed by atoms with Crippen molar-refractivity contribution in [1.29, 1.82) is 0 Å². The lowest BCUT2D eigenvalue weighted by molar-refractivity contribution is -0.245. The Morgan fingerprint density at radius 3 is 2.33 bits per heavy atom. The maximum atomic E-state index is 12.6. The van der Waals surface area contributed by atoms with Crippen LogP contribution in [0.2, 0.25) is 0 Å². The molecule has 3 aromatic carbocycles. The molecule has 3 atom stereocenters. The molecule has 10 nitrogen and oxygen atoms in total. The zero-order chi connectivity index (χ0) is 27.2. The summed E-state index contributed by atoms with van der Waals surface area (Å²) in [6.07, 6.45) is -0.311. The monoisotopic (exact) mass is 567 g/mol. The Morgan fingerprint density at radius 1 is 0.974 bits per heavy atom. The second-order valence-electron chi connectivity index (χ2n) is 9.13. The van der Waals surface area contributed by atoms with Gasteiger partial charge in [-0.2, -0.15) is 0 Å². The van der Waals surface area contributed by atoms with Gasteiger partial charge < -0.3 is 14.6 Å². The number of hydrogen-bond acceptors (Lipinski definition) is 9. The third-order valence-corrected chi connectivity index (χ3v) is 8.93. The van der Waals surface area contributed by atoms with Gasteiger partial charge in [0.25, 0.3) is 0 Å². The molecule has 0 unspecified atom stereocenters. The molecule has 1 aromatic heterocycles. The van der Waals surface area contributed by atoms with E-state index in [1.165, 1.54) is 11.8 Å². The molecule has 1 fully saturated rings. The van der Waals surface area contributed by atoms with Gasteiger partial charge in [-0.15, -0.1) is 5.10 Å². The number of aryl methyl sites for hydroxylation is 1. The van der Waals surface area contributed by atoms with Crippen LogP contribution >= 0.6 is 11.8 Å². The second-order valence-corrected chi connectivity index (χ2v) is 11.9. The first-order valence-electron chi connectivity index (χ1n) is 12.4. The second kappa shape index (κ2) is 12.4. The van der Waals surface area contributed by atoms with Crippen LogP contribution in [0.15, 0.2) is 88.9 Å². The minimum atomic E-state index is -3.60. The molecule has 12 heteroatoms. The topological polar surface area (TPSA) is 128 Å². The molecule has 204 valence electrons. The largest absolute Gasteiger partial charge is 0.392 e. The van der Waals surface area contributed by atoms with Crippen LogP contribution in [-0.4, -0.2) is 45.6 Å². The number of nitrogens with one attached hydrogen (secondary N) is 1. The SMILES string of the molecule is Cn1nnnc1SC[C@H]1C[C@@H](c2ccc(CO)cc2)O[C@@H](c2ccc(CNS(=O)(=O)c3ccccc3)cc2)O1. The highest BCUT2D eigenvalue weighted by molar-refractivity contribution is 7.99. The van der Waals surface area contributed by atoms with Crippen molar-refractivity contribution in [3.05, 3.63) is 101 Å². The molecule has 1 aliphatic heterocycles. The third kappa shape index (κ3) is 6.90. The number of aliphatic hydroxyl groups is 1. The maximum Gasteiger partial charge on any atom is 0.240 e. The van der Waals surface area contributed by atoms with Crippen LogP contribution in [0.3, 0.4) is 0 Å². The summed E-state index contributed by atoms with van der Waals surface area (Å²) in [6.45, 7) is 0.144. The van der Waals surface area contributed by atoms with Crippen molar-refractivity contribution < 1.29 is 23.0 Å². The maximum absolute atomic E-state index is 12.6. The van der Waals surface area contributed by atoms with Gasteiger partial charge in [-0.3, -0.25) is 0 Å². The molecule has 5 rings (SSSR count). The van der Waals surface area contributed by atoms with E-state index in [1.807, 2.05) is 48.5 Å². The van der Waals surface area contributed by atoms with E-state index < -0.39 is 16.3 Å². The van der Waals surface area contributed by atoms with E-state index in [0.717, 1.165) is 22.3 Å². The lowest BCUT2D eigenvalue weighted by Crippen LogP contribution is -2.31. The van der Waals surface area contributed by atoms with Gasteiger partial charge in [-0.25, -0.2) is 17.8 Å². The minimum Gasteiger partial charge on any atom is -0.392 e. The van der Waals surface area contributed by atoms with Gasteiger partial charge in [0, 0.05) is 31.3 Å². The minimum absolute atomic E-state index is 0.0175. The summed E-state index contributed by atoms with van der Waals surface area (Å²) in [5.41, 5.74) is 3.48. The number of nitrogens with zero attached hydrogens (tertiary/aromatic N) is 4. The average molecular weight is 568 g/mol. The predicted octanol–water partition coefficient (Wildman–Crippen LogP) is 3.52. The number of rotatable bonds is 10. The average Bonchev–Trinajstić information content (AvgIpc) is 3.40. The van der Waals surface area contributed by atoms with Crippen LogP contribution < -0.4 is 4.72 Å². The molecule has 39 heavy (non-hydrogen) atoms. The fourth-order valence-electron chi connectivity index (χ4n) is 4.19. The highest BCUT2D eigenvalue weighted by atomic mass is 32.2. The summed E-state index contributed by atoms with van der Waals surface area (Å²) in [5.74, 6) is 0.638. The molecule has 0 bridgehead atoms. The Bertz CT molecular complexity index is 1460. The number of ether oxygens (including phenoxy) is 2. The summed E-state index contributed by atoms with van der Waals surface area (Å²) < 4.78 is 42.1. The Morgan fingerprint density at radius 2 is 1.67 bits per heavy atom. The van der Waals surface area contributed by atoms with Crippen molar-refractivity contribution in [2.24, 2.45) is 7.05 Å². The van der Waals surface area contributed by atoms with Gasteiger partial charge in [0.2, 0.25) is 15.2 Å². The van der Waals surface area contributed by atoms with Crippen molar-refractivity contribution >= 4 is 21.8 Å². The van der Waals surface area contributed by atoms with Crippen molar-refractivity contribution in [1.82, 2.24) is 24.9 Å². The van der Waals surface area contributed by atoms with E-state index >= 15 is 0 Å². The van der Waals surface area contributed by atoms with Gasteiger partial charge in [-0.05, 0) is 39.2 Å². The molecule has 0 aliphatic carbocycles. The molecular formula is C27H29N5O5S2. The van der Waals surface area contributed by atoms with E-state index in [2.05, 4.69) is 20.2 Å². The van der Waals surface area contributed by atoms with E-state index in [9.17, 15) is 13.5 Å². The molecule has 0 radical (unpaired) electrons. The van der Waals surface area contributed by atoms with Gasteiger partial charge in [0.05, 0.1) is 23.7 Å². The van der Waals surface area contributed by atoms with Gasteiger partial charge in [0.15, 0.2) is 6.29 Å². The summed E-state index contributed by atoms with van der Waals surface area (Å²) >= 11 is 1.52. The first-order chi connectivity index (χ1) is 18.9. The van der Waals surface area contributed by atoms with E-state index in [-0.39, 0.29) is 30.3 Å². The number of aromatic nitrogens is 4. The molecule has 2 N–H and O–H groups in total. The van der Waals surface area contributed by atoms with E-state index in [4.69, 9.17) is 9.47 Å². The highest BCUT2D eigenvalue weighted by Gasteiger charge is 2.32. The first-order valence-corrected chi connectivity index (χ1v) is 14.9. The molecule has 1 saturated heterocycles. The molecule has 0 saturated carbocycles. The predicted molar refractivity (Wildman–Crippen MR) is 145 cm³/mol. The number of tetrazole rings is 1. The highest BCUT2D eigenvalue weighted by Crippen LogP contribution is 2.39. The third-order valence-electron chi connectivity index (χ3n) is 6.37. The number of hydrogen-bond donors (Lipinski definition) is 2. The van der Waals surface area contributed by atoms with Gasteiger partial charge in [-0.1, -0.05) is 78.5 Å². The van der Waals surface area contributed by atoms with Crippen molar-refractivity contribution in [2.75, 3.05) is 5.75 Å². The van der Waals surface area contributed by atoms with Crippen molar-refractivity contribution in [2.45, 2.75) is 48.1 Å². The number of aliphatic hydroxyl groups excluding tert-OH is 1. The molecule has 1 aliphatic rings. The Hall–Kier alpha value is -3.13. The zero-order valence-electron chi connectivity index (χ0n) is 21.3. The number of thioether (sulfide) groups is 1. The number of sulfonamides is 1. The molecular weight excluding hydrogens is 538 g/mol. The van der Waals surface area contributed by atoms with E-state index in [0.29, 0.717) is 17.3 Å². The van der Waals surface area contributed by atoms with Crippen LogP contribution in [0.5, 0.6) is 0 Å². The quantitative estimate of drug-likeness (QED) is 0.277. The standard InChI is InChI=1S/C27H29N5O5S2/c1-32-27(29-30-31-32)38-18-23-15-25(21-11-9-20(17-33)10-12-21)37-26(36-23)22-13-7-19(8-14-22)16-28-39(34,35)24-5-3-2-4-6-24/h2-14,23,25-26,28,33H,15-18H2,1H3/t23-,25+,26+/m1/s1. The fourth-order valence-corrected chi connectivity index (χ4v) is 6.09. The van der Waals surface area contributed by atoms with E-state index in [1.54, 1.807) is 42.1 Å². The summed E-state index contributed by atoms with van der Waals surface area (Å²) in [7, 11) is -1.81. The van der Waals surface area contributed by atoms with Gasteiger partial charge >= 0.3 is 0 Å². The zero-order valence-corrected chi connectivity index (χ0v) is 22.9. The lowest BCUT2D eigenvalue weighted by atomic mass is 10.0. The summed E-state index contributed by atoms with van der Waals surface area (Å²) in [4.78, 5) is 0.227. The van der Waals surface area contributed by atoms with Crippen LogP contribution in [0.4, 0.5) is 0 Å². The molecule has 0 spiro atoms. The summed E-state index contributed by atoms with van der Waals surface area (Å²) in [5, 5.41) is 21.7. The van der Waals surface area contributed by atoms with Crippen LogP contribution in [0.25, 0.3) is 0 Å². The van der Waals surface area contributed by atoms with Crippen LogP contribution in [0.1, 0.15) is 41.1 Å². The Labute approximate surface area is 231 Å². The molecule has 2 heterocycles. The normalized spacial score (nSPS) is 19.7. The lowest BCUT2D eigenvalue weighted by Gasteiger charge is -2.36. The fraction of sp³-hybridized carbons (Fsp3) is 0.296. The first kappa shape index (κ1) is 27.4. The number of benzene rings is 3.